The van der Waals surface area contributed by atoms with Gasteiger partial charge in [-0.15, -0.1) is 12.4 Å². The molecule has 210 valence electrons. The Labute approximate surface area is 247 Å². The van der Waals surface area contributed by atoms with E-state index in [-0.39, 0.29) is 35.8 Å². The molecule has 1 aliphatic heterocycles. The molecule has 0 radical (unpaired) electrons. The number of hydrogen-bond donors (Lipinski definition) is 1. The molecule has 0 spiro atoms. The molecule has 0 aromatic heterocycles. The van der Waals surface area contributed by atoms with Gasteiger partial charge in [-0.05, 0) is 95.5 Å². The fraction of sp³-hybridized carbons (Fsp3) is 0.258. The van der Waals surface area contributed by atoms with E-state index in [4.69, 9.17) is 23.2 Å². The van der Waals surface area contributed by atoms with Gasteiger partial charge in [0.1, 0.15) is 11.6 Å². The first-order valence-electron chi connectivity index (χ1n) is 12.8. The van der Waals surface area contributed by atoms with E-state index in [2.05, 4.69) is 4.90 Å². The molecule has 1 heterocycles. The minimum absolute atomic E-state index is 0. The van der Waals surface area contributed by atoms with Crippen LogP contribution < -0.4 is 0 Å². The Hall–Kier alpha value is -2.77. The van der Waals surface area contributed by atoms with Gasteiger partial charge in [0.25, 0.3) is 0 Å². The van der Waals surface area contributed by atoms with Gasteiger partial charge in [0, 0.05) is 40.8 Å². The minimum atomic E-state index is -1.05. The SMILES string of the molecule is Cl.O=C(O)c1ccc2c(c1)CCCC(c1ccc(Cl)cc1Cl)=C2c1cc(F)c(C=C2CN(CCCF)C2)cc1F. The van der Waals surface area contributed by atoms with E-state index in [0.717, 1.165) is 16.7 Å². The summed E-state index contributed by atoms with van der Waals surface area (Å²) in [5.41, 5.74) is 4.61. The highest BCUT2D eigenvalue weighted by molar-refractivity contribution is 6.36. The highest BCUT2D eigenvalue weighted by Gasteiger charge is 2.26. The monoisotopic (exact) mass is 607 g/mol. The molecule has 0 unspecified atom stereocenters. The van der Waals surface area contributed by atoms with Crippen LogP contribution in [0.2, 0.25) is 10.0 Å². The maximum Gasteiger partial charge on any atom is 0.335 e. The Morgan fingerprint density at radius 3 is 2.40 bits per heavy atom. The van der Waals surface area contributed by atoms with Crippen molar-refractivity contribution in [1.82, 2.24) is 4.90 Å². The van der Waals surface area contributed by atoms with Crippen molar-refractivity contribution in [2.45, 2.75) is 25.7 Å². The van der Waals surface area contributed by atoms with Crippen LogP contribution in [0.3, 0.4) is 0 Å². The number of halogens is 6. The Morgan fingerprint density at radius 1 is 0.950 bits per heavy atom. The molecule has 3 nitrogen and oxygen atoms in total. The third kappa shape index (κ3) is 6.26. The number of carbonyl (C=O) groups is 1. The third-order valence-corrected chi connectivity index (χ3v) is 7.78. The number of benzene rings is 3. The zero-order valence-corrected chi connectivity index (χ0v) is 23.8. The number of aromatic carboxylic acids is 1. The molecule has 0 bridgehead atoms. The van der Waals surface area contributed by atoms with Gasteiger partial charge in [0.05, 0.1) is 12.2 Å². The van der Waals surface area contributed by atoms with Gasteiger partial charge in [-0.3, -0.25) is 9.29 Å². The Morgan fingerprint density at radius 2 is 1.70 bits per heavy atom. The Balaban J connectivity index is 0.00000370. The van der Waals surface area contributed by atoms with Gasteiger partial charge < -0.3 is 5.11 Å². The van der Waals surface area contributed by atoms with Crippen molar-refractivity contribution < 1.29 is 23.1 Å². The molecule has 2 aliphatic rings. The molecule has 1 fully saturated rings. The van der Waals surface area contributed by atoms with Crippen LogP contribution in [0.15, 0.2) is 54.1 Å². The number of carboxylic acid groups (broad SMARTS) is 1. The fourth-order valence-electron chi connectivity index (χ4n) is 5.38. The lowest BCUT2D eigenvalue weighted by Gasteiger charge is -2.33. The topological polar surface area (TPSA) is 40.5 Å². The number of carboxylic acids is 1. The molecule has 3 aromatic rings. The van der Waals surface area contributed by atoms with Crippen molar-refractivity contribution in [2.24, 2.45) is 0 Å². The normalized spacial score (nSPS) is 15.2. The van der Waals surface area contributed by atoms with Crippen LogP contribution in [-0.2, 0) is 6.42 Å². The summed E-state index contributed by atoms with van der Waals surface area (Å²) in [7, 11) is 0. The quantitative estimate of drug-likeness (QED) is 0.292. The molecular formula is C31H27Cl3F3NO2. The highest BCUT2D eigenvalue weighted by atomic mass is 35.5. The second kappa shape index (κ2) is 12.8. The number of hydrogen-bond acceptors (Lipinski definition) is 2. The van der Waals surface area contributed by atoms with Gasteiger partial charge in [-0.1, -0.05) is 41.4 Å². The van der Waals surface area contributed by atoms with E-state index in [9.17, 15) is 14.3 Å². The summed E-state index contributed by atoms with van der Waals surface area (Å²) in [5, 5.41) is 10.4. The predicted octanol–water partition coefficient (Wildman–Crippen LogP) is 8.75. The third-order valence-electron chi connectivity index (χ3n) is 7.23. The number of fused-ring (bicyclic) bond motifs is 1. The summed E-state index contributed by atoms with van der Waals surface area (Å²) in [6, 6.07) is 12.2. The Kier molecular flexibility index (Phi) is 9.68. The van der Waals surface area contributed by atoms with Gasteiger partial charge in [0.2, 0.25) is 0 Å². The van der Waals surface area contributed by atoms with Crippen LogP contribution in [0, 0.1) is 11.6 Å². The minimum Gasteiger partial charge on any atom is -0.478 e. The van der Waals surface area contributed by atoms with Gasteiger partial charge >= 0.3 is 5.97 Å². The maximum absolute atomic E-state index is 15.9. The van der Waals surface area contributed by atoms with Crippen molar-refractivity contribution >= 4 is 58.8 Å². The molecule has 0 amide bonds. The summed E-state index contributed by atoms with van der Waals surface area (Å²) >= 11 is 12.7. The van der Waals surface area contributed by atoms with Crippen molar-refractivity contribution in [1.29, 1.82) is 0 Å². The highest BCUT2D eigenvalue weighted by Crippen LogP contribution is 2.43. The van der Waals surface area contributed by atoms with Crippen LogP contribution in [0.1, 0.15) is 57.4 Å². The molecule has 5 rings (SSSR count). The predicted molar refractivity (Wildman–Crippen MR) is 157 cm³/mol. The van der Waals surface area contributed by atoms with E-state index < -0.39 is 17.6 Å². The van der Waals surface area contributed by atoms with Crippen LogP contribution in [0.4, 0.5) is 13.2 Å². The average molecular weight is 609 g/mol. The van der Waals surface area contributed by atoms with Crippen LogP contribution in [0.25, 0.3) is 17.2 Å². The van der Waals surface area contributed by atoms with E-state index >= 15 is 8.78 Å². The van der Waals surface area contributed by atoms with E-state index in [1.807, 2.05) is 0 Å². The molecule has 0 saturated carbocycles. The molecule has 1 N–H and O–H groups in total. The molecule has 40 heavy (non-hydrogen) atoms. The van der Waals surface area contributed by atoms with Crippen molar-refractivity contribution in [3.8, 4) is 0 Å². The number of allylic oxidation sites excluding steroid dienone is 1. The zero-order chi connectivity index (χ0) is 27.7. The van der Waals surface area contributed by atoms with Crippen molar-refractivity contribution in [3.63, 3.8) is 0 Å². The second-order valence-corrected chi connectivity index (χ2v) is 10.8. The summed E-state index contributed by atoms with van der Waals surface area (Å²) in [5.74, 6) is -2.21. The number of likely N-dealkylation sites (tertiary alicyclic amines) is 1. The van der Waals surface area contributed by atoms with Gasteiger partial charge in [-0.2, -0.15) is 0 Å². The molecular weight excluding hydrogens is 582 g/mol. The summed E-state index contributed by atoms with van der Waals surface area (Å²) < 4.78 is 43.8. The molecule has 1 saturated heterocycles. The lowest BCUT2D eigenvalue weighted by molar-refractivity contribution is 0.0696. The Bertz CT molecular complexity index is 1510. The lowest BCUT2D eigenvalue weighted by atomic mass is 9.86. The molecule has 0 atom stereocenters. The van der Waals surface area contributed by atoms with Gasteiger partial charge in [0.15, 0.2) is 0 Å². The van der Waals surface area contributed by atoms with E-state index in [1.165, 1.54) is 18.2 Å². The standard InChI is InChI=1S/C31H26Cl2F3NO2.ClH/c32-22-6-8-24(27(33)14-22)25-4-1-3-19-12-20(31(38)39)5-7-23(19)30(25)26-15-28(35)21(13-29(26)36)11-18-16-37(17-18)10-2-9-34;/h5-8,11-15H,1-4,9-10,16-17H2,(H,38,39);1H. The second-order valence-electron chi connectivity index (χ2n) is 9.92. The van der Waals surface area contributed by atoms with Crippen LogP contribution >= 0.6 is 35.6 Å². The van der Waals surface area contributed by atoms with E-state index in [1.54, 1.807) is 36.4 Å². The van der Waals surface area contributed by atoms with Crippen molar-refractivity contribution in [2.75, 3.05) is 26.3 Å². The van der Waals surface area contributed by atoms with E-state index in [0.29, 0.717) is 72.1 Å². The fourth-order valence-corrected chi connectivity index (χ4v) is 5.90. The van der Waals surface area contributed by atoms with Crippen LogP contribution in [-0.4, -0.2) is 42.3 Å². The van der Waals surface area contributed by atoms with Gasteiger partial charge in [-0.25, -0.2) is 13.6 Å². The first-order valence-corrected chi connectivity index (χ1v) is 13.5. The number of alkyl halides is 1. The number of nitrogens with zero attached hydrogens (tertiary/aromatic N) is 1. The lowest BCUT2D eigenvalue weighted by Crippen LogP contribution is -2.40. The first-order chi connectivity index (χ1) is 18.7. The molecule has 1 aliphatic carbocycles. The van der Waals surface area contributed by atoms with Crippen molar-refractivity contribution in [3.05, 3.63) is 109 Å². The number of rotatable bonds is 7. The summed E-state index contributed by atoms with van der Waals surface area (Å²) in [6.45, 7) is 1.46. The average Bonchev–Trinajstić information content (AvgIpc) is 3.06. The first kappa shape index (κ1) is 30.2. The molecule has 9 heteroatoms. The summed E-state index contributed by atoms with van der Waals surface area (Å²) in [6.07, 6.45) is 3.87. The number of aryl methyl sites for hydroxylation is 1. The summed E-state index contributed by atoms with van der Waals surface area (Å²) in [4.78, 5) is 13.7. The van der Waals surface area contributed by atoms with Crippen LogP contribution in [0.5, 0.6) is 0 Å². The largest absolute Gasteiger partial charge is 0.478 e. The smallest absolute Gasteiger partial charge is 0.335 e. The maximum atomic E-state index is 15.9. The zero-order valence-electron chi connectivity index (χ0n) is 21.5. The molecule has 3 aromatic carbocycles.